The van der Waals surface area contributed by atoms with Crippen LogP contribution in [0.1, 0.15) is 20.8 Å². The fourth-order valence-electron chi connectivity index (χ4n) is 1.23. The third-order valence-electron chi connectivity index (χ3n) is 1.82. The van der Waals surface area contributed by atoms with Crippen LogP contribution >= 0.6 is 0 Å². The predicted molar refractivity (Wildman–Crippen MR) is 52.0 cm³/mol. The molecule has 1 aromatic heterocycles. The number of aryl methyl sites for hydroxylation is 1. The van der Waals surface area contributed by atoms with Gasteiger partial charge in [0.1, 0.15) is 0 Å². The molecule has 0 aliphatic heterocycles. The lowest BCUT2D eigenvalue weighted by atomic mass is 10.1. The zero-order valence-corrected chi connectivity index (χ0v) is 8.75. The normalized spacial score (nSPS) is 11.8. The minimum Gasteiger partial charge on any atom is -0.357 e. The summed E-state index contributed by atoms with van der Waals surface area (Å²) in [6.45, 7) is 5.91. The van der Waals surface area contributed by atoms with E-state index in [4.69, 9.17) is 0 Å². The van der Waals surface area contributed by atoms with Crippen LogP contribution in [-0.4, -0.2) is 21.4 Å². The number of aromatic nitrogens is 3. The van der Waals surface area contributed by atoms with Gasteiger partial charge in [-0.1, -0.05) is 0 Å². The van der Waals surface area contributed by atoms with Gasteiger partial charge in [-0.2, -0.15) is 0 Å². The quantitative estimate of drug-likeness (QED) is 0.686. The van der Waals surface area contributed by atoms with Crippen LogP contribution in [0.15, 0.2) is 4.79 Å². The Morgan fingerprint density at radius 3 is 2.23 bits per heavy atom. The van der Waals surface area contributed by atoms with Gasteiger partial charge in [-0.05, 0) is 20.8 Å². The molecule has 0 aromatic carbocycles. The zero-order chi connectivity index (χ0) is 10.2. The Bertz CT molecular complexity index is 355. The lowest BCUT2D eigenvalue weighted by Crippen LogP contribution is -2.34. The predicted octanol–water partition coefficient (Wildman–Crippen LogP) is 0.378. The summed E-state index contributed by atoms with van der Waals surface area (Å²) in [5.74, 6) is 0.597. The van der Waals surface area contributed by atoms with Crippen molar-refractivity contribution in [2.45, 2.75) is 26.3 Å². The van der Waals surface area contributed by atoms with Crippen LogP contribution in [-0.2, 0) is 12.6 Å². The maximum atomic E-state index is 11.6. The molecule has 1 aromatic rings. The minimum absolute atomic E-state index is 0.100. The van der Waals surface area contributed by atoms with Crippen LogP contribution in [0.4, 0.5) is 5.95 Å². The van der Waals surface area contributed by atoms with E-state index < -0.39 is 0 Å². The molecule has 0 unspecified atom stereocenters. The summed E-state index contributed by atoms with van der Waals surface area (Å²) >= 11 is 0. The molecule has 1 rings (SSSR count). The molecule has 0 aliphatic rings. The third-order valence-corrected chi connectivity index (χ3v) is 1.82. The summed E-state index contributed by atoms with van der Waals surface area (Å²) in [5, 5.41) is 6.95. The van der Waals surface area contributed by atoms with Gasteiger partial charge in [0.25, 0.3) is 0 Å². The summed E-state index contributed by atoms with van der Waals surface area (Å²) in [5.41, 5.74) is -0.346. The number of rotatable bonds is 1. The molecular weight excluding hydrogens is 168 g/mol. The van der Waals surface area contributed by atoms with Crippen molar-refractivity contribution < 1.29 is 0 Å². The third kappa shape index (κ3) is 1.59. The number of hydrogen-bond acceptors (Lipinski definition) is 3. The largest absolute Gasteiger partial charge is 0.357 e. The van der Waals surface area contributed by atoms with Crippen LogP contribution in [0.2, 0.25) is 0 Å². The van der Waals surface area contributed by atoms with Gasteiger partial charge in [0, 0.05) is 19.6 Å². The van der Waals surface area contributed by atoms with E-state index in [1.54, 1.807) is 18.7 Å². The Morgan fingerprint density at radius 1 is 1.38 bits per heavy atom. The molecule has 13 heavy (non-hydrogen) atoms. The highest BCUT2D eigenvalue weighted by Crippen LogP contribution is 2.15. The van der Waals surface area contributed by atoms with Gasteiger partial charge in [0.05, 0.1) is 0 Å². The van der Waals surface area contributed by atoms with Crippen LogP contribution in [0.25, 0.3) is 0 Å². The second kappa shape index (κ2) is 2.90. The van der Waals surface area contributed by atoms with Gasteiger partial charge in [-0.15, -0.1) is 5.10 Å². The molecule has 5 heteroatoms. The summed E-state index contributed by atoms with van der Waals surface area (Å²) < 4.78 is 2.96. The summed E-state index contributed by atoms with van der Waals surface area (Å²) in [7, 11) is 3.40. The van der Waals surface area contributed by atoms with Crippen molar-refractivity contribution in [2.24, 2.45) is 7.05 Å². The monoisotopic (exact) mass is 184 g/mol. The average molecular weight is 184 g/mol. The summed E-state index contributed by atoms with van der Waals surface area (Å²) in [4.78, 5) is 11.6. The van der Waals surface area contributed by atoms with Gasteiger partial charge in [0.15, 0.2) is 0 Å². The summed E-state index contributed by atoms with van der Waals surface area (Å²) in [6.07, 6.45) is 0. The fraction of sp³-hybridized carbons (Fsp3) is 0.750. The van der Waals surface area contributed by atoms with E-state index in [9.17, 15) is 4.79 Å². The van der Waals surface area contributed by atoms with E-state index in [2.05, 4.69) is 10.4 Å². The number of nitrogens with zero attached hydrogens (tertiary/aromatic N) is 3. The number of hydrogen-bond donors (Lipinski definition) is 1. The number of nitrogens with one attached hydrogen (secondary N) is 1. The van der Waals surface area contributed by atoms with Crippen LogP contribution in [0.3, 0.4) is 0 Å². The second-order valence-electron chi connectivity index (χ2n) is 3.99. The van der Waals surface area contributed by atoms with Crippen LogP contribution in [0.5, 0.6) is 0 Å². The van der Waals surface area contributed by atoms with Gasteiger partial charge < -0.3 is 5.32 Å². The first-order chi connectivity index (χ1) is 5.88. The van der Waals surface area contributed by atoms with Crippen molar-refractivity contribution >= 4 is 5.95 Å². The Morgan fingerprint density at radius 2 is 1.92 bits per heavy atom. The maximum absolute atomic E-state index is 11.6. The zero-order valence-electron chi connectivity index (χ0n) is 8.75. The van der Waals surface area contributed by atoms with E-state index in [1.165, 1.54) is 4.68 Å². The van der Waals surface area contributed by atoms with Crippen molar-refractivity contribution in [1.82, 2.24) is 14.3 Å². The minimum atomic E-state index is -0.246. The molecule has 74 valence electrons. The van der Waals surface area contributed by atoms with Crippen molar-refractivity contribution in [3.8, 4) is 0 Å². The highest BCUT2D eigenvalue weighted by molar-refractivity contribution is 5.23. The molecule has 1 N–H and O–H groups in total. The molecule has 0 atom stereocenters. The first-order valence-corrected chi connectivity index (χ1v) is 4.22. The topological polar surface area (TPSA) is 51.9 Å². The molecule has 0 radical (unpaired) electrons. The van der Waals surface area contributed by atoms with Crippen molar-refractivity contribution in [3.63, 3.8) is 0 Å². The second-order valence-corrected chi connectivity index (χ2v) is 3.99. The SMILES string of the molecule is CNc1nn(C)c(=O)n1C(C)(C)C. The Labute approximate surface area is 77.4 Å². The fourth-order valence-corrected chi connectivity index (χ4v) is 1.23. The smallest absolute Gasteiger partial charge is 0.347 e. The van der Waals surface area contributed by atoms with E-state index in [0.717, 1.165) is 0 Å². The highest BCUT2D eigenvalue weighted by atomic mass is 16.2. The van der Waals surface area contributed by atoms with Gasteiger partial charge in [0.2, 0.25) is 5.95 Å². The maximum Gasteiger partial charge on any atom is 0.347 e. The Kier molecular flexibility index (Phi) is 2.19. The number of anilines is 1. The first kappa shape index (κ1) is 9.83. The van der Waals surface area contributed by atoms with E-state index in [1.807, 2.05) is 20.8 Å². The standard InChI is InChI=1S/C8H16N4O/c1-8(2,3)12-6(9-4)10-11(5)7(12)13/h1-5H3,(H,9,10). The molecule has 1 heterocycles. The van der Waals surface area contributed by atoms with E-state index in [0.29, 0.717) is 5.95 Å². The molecule has 0 aliphatic carbocycles. The molecule has 0 fully saturated rings. The van der Waals surface area contributed by atoms with Crippen LogP contribution < -0.4 is 11.0 Å². The van der Waals surface area contributed by atoms with E-state index in [-0.39, 0.29) is 11.2 Å². The summed E-state index contributed by atoms with van der Waals surface area (Å²) in [6, 6.07) is 0. The highest BCUT2D eigenvalue weighted by Gasteiger charge is 2.21. The van der Waals surface area contributed by atoms with Gasteiger partial charge in [-0.3, -0.25) is 4.57 Å². The molecule has 0 spiro atoms. The Hall–Kier alpha value is -1.26. The Balaban J connectivity index is 3.42. The molecule has 0 bridgehead atoms. The van der Waals surface area contributed by atoms with Crippen LogP contribution in [0, 0.1) is 0 Å². The first-order valence-electron chi connectivity index (χ1n) is 4.22. The average Bonchev–Trinajstić information content (AvgIpc) is 2.26. The van der Waals surface area contributed by atoms with Gasteiger partial charge >= 0.3 is 5.69 Å². The lowest BCUT2D eigenvalue weighted by Gasteiger charge is -2.20. The molecule has 0 amide bonds. The molecular formula is C8H16N4O. The molecule has 5 nitrogen and oxygen atoms in total. The molecule has 0 saturated carbocycles. The van der Waals surface area contributed by atoms with Crippen molar-refractivity contribution in [2.75, 3.05) is 12.4 Å². The van der Waals surface area contributed by atoms with Gasteiger partial charge in [-0.25, -0.2) is 9.48 Å². The lowest BCUT2D eigenvalue weighted by molar-refractivity contribution is 0.386. The van der Waals surface area contributed by atoms with Crippen molar-refractivity contribution in [1.29, 1.82) is 0 Å². The van der Waals surface area contributed by atoms with Crippen molar-refractivity contribution in [3.05, 3.63) is 10.5 Å². The van der Waals surface area contributed by atoms with E-state index >= 15 is 0 Å². The molecule has 0 saturated heterocycles.